The van der Waals surface area contributed by atoms with E-state index in [0.717, 1.165) is 32.1 Å². The maximum Gasteiger partial charge on any atom is 0.223 e. The van der Waals surface area contributed by atoms with Crippen LogP contribution in [0.1, 0.15) is 63.1 Å². The first-order valence-electron chi connectivity index (χ1n) is 8.13. The molecule has 1 saturated carbocycles. The summed E-state index contributed by atoms with van der Waals surface area (Å²) in [5.41, 5.74) is 8.81. The summed E-state index contributed by atoms with van der Waals surface area (Å²) in [6, 6.07) is 8.92. The molecule has 1 aromatic rings. The summed E-state index contributed by atoms with van der Waals surface area (Å²) < 4.78 is 0. The predicted octanol–water partition coefficient (Wildman–Crippen LogP) is 3.46. The van der Waals surface area contributed by atoms with Crippen LogP contribution in [0.5, 0.6) is 0 Å². The SMILES string of the molecule is CC1(C)CCC(NC(=O)C2CCC(N)C2)c2ccccc21.Cl. The molecule has 1 aromatic carbocycles. The van der Waals surface area contributed by atoms with Gasteiger partial charge in [0.2, 0.25) is 5.91 Å². The first-order valence-corrected chi connectivity index (χ1v) is 8.13. The molecular formula is C18H27ClN2O. The zero-order valence-corrected chi connectivity index (χ0v) is 14.3. The molecule has 0 aliphatic heterocycles. The number of hydrogen-bond acceptors (Lipinski definition) is 2. The Morgan fingerprint density at radius 3 is 2.64 bits per heavy atom. The molecule has 0 radical (unpaired) electrons. The van der Waals surface area contributed by atoms with Gasteiger partial charge in [-0.2, -0.15) is 0 Å². The molecular weight excluding hydrogens is 296 g/mol. The van der Waals surface area contributed by atoms with Crippen LogP contribution in [0.2, 0.25) is 0 Å². The van der Waals surface area contributed by atoms with Crippen LogP contribution in [0.25, 0.3) is 0 Å². The fourth-order valence-corrected chi connectivity index (χ4v) is 3.91. The normalized spacial score (nSPS) is 29.3. The van der Waals surface area contributed by atoms with Crippen LogP contribution < -0.4 is 11.1 Å². The van der Waals surface area contributed by atoms with Crippen molar-refractivity contribution in [3.63, 3.8) is 0 Å². The van der Waals surface area contributed by atoms with Crippen molar-refractivity contribution in [1.29, 1.82) is 0 Å². The predicted molar refractivity (Wildman–Crippen MR) is 92.2 cm³/mol. The largest absolute Gasteiger partial charge is 0.349 e. The Kier molecular flexibility index (Phi) is 5.18. The van der Waals surface area contributed by atoms with E-state index in [0.29, 0.717) is 0 Å². The lowest BCUT2D eigenvalue weighted by molar-refractivity contribution is -0.125. The highest BCUT2D eigenvalue weighted by Crippen LogP contribution is 2.41. The van der Waals surface area contributed by atoms with Gasteiger partial charge < -0.3 is 11.1 Å². The topological polar surface area (TPSA) is 55.1 Å². The number of rotatable bonds is 2. The highest BCUT2D eigenvalue weighted by molar-refractivity contribution is 5.85. The average Bonchev–Trinajstić information content (AvgIpc) is 2.89. The van der Waals surface area contributed by atoms with Gasteiger partial charge in [0.15, 0.2) is 0 Å². The highest BCUT2D eigenvalue weighted by Gasteiger charge is 2.35. The Bertz CT molecular complexity index is 544. The molecule has 2 aliphatic carbocycles. The molecule has 0 aromatic heterocycles. The molecule has 0 heterocycles. The Labute approximate surface area is 139 Å². The van der Waals surface area contributed by atoms with Crippen LogP contribution in [0.3, 0.4) is 0 Å². The van der Waals surface area contributed by atoms with Gasteiger partial charge in [-0.05, 0) is 48.6 Å². The summed E-state index contributed by atoms with van der Waals surface area (Å²) in [5.74, 6) is 0.310. The molecule has 3 atom stereocenters. The zero-order valence-electron chi connectivity index (χ0n) is 13.5. The van der Waals surface area contributed by atoms with Crippen molar-refractivity contribution in [2.45, 2.75) is 63.5 Å². The molecule has 1 fully saturated rings. The van der Waals surface area contributed by atoms with E-state index >= 15 is 0 Å². The van der Waals surface area contributed by atoms with Crippen molar-refractivity contribution < 1.29 is 4.79 Å². The third kappa shape index (κ3) is 3.31. The summed E-state index contributed by atoms with van der Waals surface area (Å²) in [6.07, 6.45) is 4.89. The van der Waals surface area contributed by atoms with Gasteiger partial charge in [0.1, 0.15) is 0 Å². The van der Waals surface area contributed by atoms with Crippen LogP contribution >= 0.6 is 12.4 Å². The second-order valence-corrected chi connectivity index (χ2v) is 7.34. The third-order valence-corrected chi connectivity index (χ3v) is 5.28. The molecule has 22 heavy (non-hydrogen) atoms. The van der Waals surface area contributed by atoms with E-state index < -0.39 is 0 Å². The lowest BCUT2D eigenvalue weighted by Crippen LogP contribution is -2.38. The molecule has 0 bridgehead atoms. The van der Waals surface area contributed by atoms with E-state index in [1.807, 2.05) is 0 Å². The fourth-order valence-electron chi connectivity index (χ4n) is 3.91. The monoisotopic (exact) mass is 322 g/mol. The van der Waals surface area contributed by atoms with E-state index in [-0.39, 0.29) is 41.7 Å². The Morgan fingerprint density at radius 1 is 1.23 bits per heavy atom. The number of nitrogens with two attached hydrogens (primary N) is 1. The number of hydrogen-bond donors (Lipinski definition) is 2. The van der Waals surface area contributed by atoms with Gasteiger partial charge in [0, 0.05) is 12.0 Å². The van der Waals surface area contributed by atoms with Crippen molar-refractivity contribution in [3.05, 3.63) is 35.4 Å². The molecule has 4 heteroatoms. The quantitative estimate of drug-likeness (QED) is 0.876. The molecule has 2 aliphatic rings. The van der Waals surface area contributed by atoms with Crippen molar-refractivity contribution in [3.8, 4) is 0 Å². The fraction of sp³-hybridized carbons (Fsp3) is 0.611. The maximum absolute atomic E-state index is 12.5. The van der Waals surface area contributed by atoms with E-state index in [2.05, 4.69) is 43.4 Å². The van der Waals surface area contributed by atoms with Gasteiger partial charge >= 0.3 is 0 Å². The lowest BCUT2D eigenvalue weighted by atomic mass is 9.71. The molecule has 0 saturated heterocycles. The van der Waals surface area contributed by atoms with Gasteiger partial charge in [-0.3, -0.25) is 4.79 Å². The molecule has 0 spiro atoms. The minimum absolute atomic E-state index is 0. The lowest BCUT2D eigenvalue weighted by Gasteiger charge is -2.37. The minimum Gasteiger partial charge on any atom is -0.349 e. The van der Waals surface area contributed by atoms with Gasteiger partial charge in [0.05, 0.1) is 6.04 Å². The van der Waals surface area contributed by atoms with E-state index in [1.54, 1.807) is 0 Å². The zero-order chi connectivity index (χ0) is 15.0. The van der Waals surface area contributed by atoms with E-state index in [4.69, 9.17) is 5.73 Å². The van der Waals surface area contributed by atoms with Gasteiger partial charge in [-0.25, -0.2) is 0 Å². The first-order chi connectivity index (χ1) is 9.97. The molecule has 3 N–H and O–H groups in total. The number of carbonyl (C=O) groups excluding carboxylic acids is 1. The maximum atomic E-state index is 12.5. The Morgan fingerprint density at radius 2 is 1.95 bits per heavy atom. The molecule has 3 unspecified atom stereocenters. The first kappa shape index (κ1) is 17.3. The number of fused-ring (bicyclic) bond motifs is 1. The summed E-state index contributed by atoms with van der Waals surface area (Å²) in [4.78, 5) is 12.5. The third-order valence-electron chi connectivity index (χ3n) is 5.28. The van der Waals surface area contributed by atoms with Crippen LogP contribution in [0.4, 0.5) is 0 Å². The number of halogens is 1. The Hall–Kier alpha value is -1.06. The highest BCUT2D eigenvalue weighted by atomic mass is 35.5. The van der Waals surface area contributed by atoms with Crippen molar-refractivity contribution >= 4 is 18.3 Å². The summed E-state index contributed by atoms with van der Waals surface area (Å²) in [6.45, 7) is 4.58. The standard InChI is InChI=1S/C18H26N2O.ClH/c1-18(2)10-9-16(14-5-3-4-6-15(14)18)20-17(21)12-7-8-13(19)11-12;/h3-6,12-13,16H,7-11,19H2,1-2H3,(H,20,21);1H. The molecule has 122 valence electrons. The van der Waals surface area contributed by atoms with Crippen LogP contribution in [-0.2, 0) is 10.2 Å². The van der Waals surface area contributed by atoms with Crippen molar-refractivity contribution in [2.75, 3.05) is 0 Å². The summed E-state index contributed by atoms with van der Waals surface area (Å²) >= 11 is 0. The smallest absolute Gasteiger partial charge is 0.223 e. The number of nitrogens with one attached hydrogen (secondary N) is 1. The number of carbonyl (C=O) groups is 1. The van der Waals surface area contributed by atoms with Crippen molar-refractivity contribution in [1.82, 2.24) is 5.32 Å². The second kappa shape index (κ2) is 6.59. The van der Waals surface area contributed by atoms with Crippen LogP contribution in [0, 0.1) is 5.92 Å². The van der Waals surface area contributed by atoms with Crippen LogP contribution in [0.15, 0.2) is 24.3 Å². The summed E-state index contributed by atoms with van der Waals surface area (Å²) in [7, 11) is 0. The summed E-state index contributed by atoms with van der Waals surface area (Å²) in [5, 5.41) is 3.28. The molecule has 3 rings (SSSR count). The molecule has 1 amide bonds. The van der Waals surface area contributed by atoms with Crippen LogP contribution in [-0.4, -0.2) is 11.9 Å². The van der Waals surface area contributed by atoms with Crippen molar-refractivity contribution in [2.24, 2.45) is 11.7 Å². The number of benzene rings is 1. The van der Waals surface area contributed by atoms with Gasteiger partial charge in [-0.1, -0.05) is 38.1 Å². The van der Waals surface area contributed by atoms with Gasteiger partial charge in [-0.15, -0.1) is 12.4 Å². The second-order valence-electron chi connectivity index (χ2n) is 7.34. The number of amides is 1. The molecule has 3 nitrogen and oxygen atoms in total. The van der Waals surface area contributed by atoms with E-state index in [9.17, 15) is 4.79 Å². The minimum atomic E-state index is 0. The van der Waals surface area contributed by atoms with Gasteiger partial charge in [0.25, 0.3) is 0 Å². The Balaban J connectivity index is 0.00000176. The average molecular weight is 323 g/mol. The van der Waals surface area contributed by atoms with E-state index in [1.165, 1.54) is 11.1 Å².